The van der Waals surface area contributed by atoms with Crippen LogP contribution in [-0.4, -0.2) is 76.8 Å². The highest BCUT2D eigenvalue weighted by Gasteiger charge is 2.65. The number of rotatable bonds is 6. The van der Waals surface area contributed by atoms with E-state index < -0.39 is 76.7 Å². The summed E-state index contributed by atoms with van der Waals surface area (Å²) in [4.78, 5) is 35.7. The van der Waals surface area contributed by atoms with Crippen LogP contribution in [0.2, 0.25) is 0 Å². The molecule has 1 amide bonds. The SMILES string of the molecule is COC(=O)C(Cc1cn(C(=O)C(F)(F)C(F)(F)F)c2ccc(O)cc12)N(C)C(=O)C(F)(F)C(F)(F)F. The molecule has 1 aromatic carbocycles. The highest BCUT2D eigenvalue weighted by Crippen LogP contribution is 2.39. The molecule has 0 fully saturated rings. The van der Waals surface area contributed by atoms with Crippen molar-refractivity contribution in [3.8, 4) is 5.75 Å². The van der Waals surface area contributed by atoms with Gasteiger partial charge in [0.15, 0.2) is 0 Å². The summed E-state index contributed by atoms with van der Waals surface area (Å²) in [5, 5.41) is 9.21. The highest BCUT2D eigenvalue weighted by molar-refractivity contribution is 5.98. The maximum Gasteiger partial charge on any atom is 0.463 e. The van der Waals surface area contributed by atoms with E-state index in [1.165, 1.54) is 0 Å². The van der Waals surface area contributed by atoms with Crippen molar-refractivity contribution in [3.63, 3.8) is 0 Å². The normalized spacial score (nSPS) is 14.0. The summed E-state index contributed by atoms with van der Waals surface area (Å²) in [5.41, 5.74) is -1.23. The highest BCUT2D eigenvalue weighted by atomic mass is 19.4. The third-order valence-corrected chi connectivity index (χ3v) is 5.01. The van der Waals surface area contributed by atoms with Crippen molar-refractivity contribution in [1.82, 2.24) is 9.47 Å². The molecule has 0 aliphatic carbocycles. The van der Waals surface area contributed by atoms with Crippen molar-refractivity contribution in [3.05, 3.63) is 30.0 Å². The van der Waals surface area contributed by atoms with Crippen LogP contribution in [0.15, 0.2) is 24.4 Å². The Hall–Kier alpha value is -3.53. The van der Waals surface area contributed by atoms with Crippen molar-refractivity contribution in [1.29, 1.82) is 0 Å². The molecule has 1 aromatic heterocycles. The van der Waals surface area contributed by atoms with Gasteiger partial charge in [-0.05, 0) is 23.8 Å². The third-order valence-electron chi connectivity index (χ3n) is 5.01. The molecular formula is C19H14F10N2O5. The number of aromatic hydroxyl groups is 1. The molecule has 36 heavy (non-hydrogen) atoms. The first-order valence-corrected chi connectivity index (χ1v) is 9.30. The van der Waals surface area contributed by atoms with Gasteiger partial charge in [-0.1, -0.05) is 0 Å². The van der Waals surface area contributed by atoms with Gasteiger partial charge in [0, 0.05) is 25.1 Å². The Kier molecular flexibility index (Phi) is 7.31. The first kappa shape index (κ1) is 28.7. The Bertz CT molecular complexity index is 1190. The van der Waals surface area contributed by atoms with Crippen LogP contribution in [0.3, 0.4) is 0 Å². The molecule has 7 nitrogen and oxygen atoms in total. The molecule has 200 valence electrons. The second-order valence-electron chi connectivity index (χ2n) is 7.33. The van der Waals surface area contributed by atoms with Gasteiger partial charge in [-0.2, -0.15) is 43.9 Å². The molecular weight excluding hydrogens is 526 g/mol. The van der Waals surface area contributed by atoms with Gasteiger partial charge in [-0.25, -0.2) is 4.79 Å². The van der Waals surface area contributed by atoms with E-state index in [2.05, 4.69) is 4.74 Å². The number of nitrogens with zero attached hydrogens (tertiary/aromatic N) is 2. The lowest BCUT2D eigenvalue weighted by atomic mass is 10.0. The maximum absolute atomic E-state index is 13.7. The van der Waals surface area contributed by atoms with Gasteiger partial charge >= 0.3 is 42.0 Å². The lowest BCUT2D eigenvalue weighted by molar-refractivity contribution is -0.274. The number of phenols is 1. The number of esters is 1. The number of carbonyl (C=O) groups is 3. The molecule has 1 atom stereocenters. The summed E-state index contributed by atoms with van der Waals surface area (Å²) in [6, 6.07) is -0.0341. The molecule has 1 N–H and O–H groups in total. The molecule has 0 radical (unpaired) electrons. The second-order valence-corrected chi connectivity index (χ2v) is 7.33. The lowest BCUT2D eigenvalue weighted by Crippen LogP contribution is -2.56. The largest absolute Gasteiger partial charge is 0.508 e. The van der Waals surface area contributed by atoms with Gasteiger partial charge < -0.3 is 14.7 Å². The zero-order valence-electron chi connectivity index (χ0n) is 17.8. The van der Waals surface area contributed by atoms with Crippen LogP contribution in [0, 0.1) is 0 Å². The molecule has 0 saturated carbocycles. The average Bonchev–Trinajstić information content (AvgIpc) is 3.10. The standard InChI is InChI=1S/C19H14F10N2O5/c1-30(14(34)16(20,21)18(24,25)26)12(13(33)36-2)5-8-7-31(11-4-3-9(32)6-10(8)11)15(35)17(22,23)19(27,28)29/h3-4,6-7,12,32H,5H2,1-2H3. The van der Waals surface area contributed by atoms with E-state index >= 15 is 0 Å². The molecule has 1 heterocycles. The number of fused-ring (bicyclic) bond motifs is 1. The smallest absolute Gasteiger partial charge is 0.463 e. The van der Waals surface area contributed by atoms with Gasteiger partial charge in [-0.3, -0.25) is 14.2 Å². The van der Waals surface area contributed by atoms with Crippen LogP contribution < -0.4 is 0 Å². The third kappa shape index (κ3) is 4.90. The Morgan fingerprint density at radius 1 is 0.972 bits per heavy atom. The molecule has 0 spiro atoms. The Morgan fingerprint density at radius 3 is 1.97 bits per heavy atom. The van der Waals surface area contributed by atoms with Crippen LogP contribution >= 0.6 is 0 Å². The van der Waals surface area contributed by atoms with Crippen molar-refractivity contribution < 1.29 is 68.1 Å². The molecule has 1 unspecified atom stereocenters. The quantitative estimate of drug-likeness (QED) is 0.444. The zero-order chi connectivity index (χ0) is 28.0. The topological polar surface area (TPSA) is 88.8 Å². The number of methoxy groups -OCH3 is 1. The predicted molar refractivity (Wildman–Crippen MR) is 98.5 cm³/mol. The summed E-state index contributed by atoms with van der Waals surface area (Å²) in [5.74, 6) is -19.8. The number of alkyl halides is 10. The molecule has 0 bridgehead atoms. The first-order valence-electron chi connectivity index (χ1n) is 9.30. The average molecular weight is 540 g/mol. The van der Waals surface area contributed by atoms with Crippen molar-refractivity contribution >= 4 is 28.7 Å². The van der Waals surface area contributed by atoms with Gasteiger partial charge in [0.25, 0.3) is 0 Å². The summed E-state index contributed by atoms with van der Waals surface area (Å²) in [7, 11) is 1.03. The number of hydrogen-bond donors (Lipinski definition) is 1. The van der Waals surface area contributed by atoms with Gasteiger partial charge in [0.05, 0.1) is 12.6 Å². The minimum absolute atomic E-state index is 0.196. The van der Waals surface area contributed by atoms with E-state index in [1.807, 2.05) is 0 Å². The van der Waals surface area contributed by atoms with E-state index in [4.69, 9.17) is 0 Å². The minimum Gasteiger partial charge on any atom is -0.508 e. The molecule has 17 heteroatoms. The lowest BCUT2D eigenvalue weighted by Gasteiger charge is -2.30. The number of carbonyl (C=O) groups excluding carboxylic acids is 3. The first-order chi connectivity index (χ1) is 16.2. The Labute approximate surface area is 193 Å². The fourth-order valence-corrected chi connectivity index (χ4v) is 3.10. The van der Waals surface area contributed by atoms with Crippen LogP contribution in [0.1, 0.15) is 10.4 Å². The zero-order valence-corrected chi connectivity index (χ0v) is 17.8. The van der Waals surface area contributed by atoms with Crippen molar-refractivity contribution in [2.24, 2.45) is 0 Å². The summed E-state index contributed by atoms with van der Waals surface area (Å²) in [6.45, 7) is 0. The summed E-state index contributed by atoms with van der Waals surface area (Å²) < 4.78 is 135. The van der Waals surface area contributed by atoms with Crippen molar-refractivity contribution in [2.75, 3.05) is 14.2 Å². The predicted octanol–water partition coefficient (Wildman–Crippen LogP) is 3.92. The Morgan fingerprint density at radius 2 is 1.50 bits per heavy atom. The molecule has 0 aliphatic heterocycles. The molecule has 2 rings (SSSR count). The number of phenolic OH excluding ortho intramolecular Hbond substituents is 1. The number of hydrogen-bond acceptors (Lipinski definition) is 5. The van der Waals surface area contributed by atoms with E-state index in [0.29, 0.717) is 20.4 Å². The maximum atomic E-state index is 13.7. The monoisotopic (exact) mass is 540 g/mol. The number of ether oxygens (including phenoxy) is 1. The van der Waals surface area contributed by atoms with E-state index in [1.54, 1.807) is 0 Å². The number of amides is 1. The van der Waals surface area contributed by atoms with Crippen molar-refractivity contribution in [2.45, 2.75) is 36.7 Å². The number of benzene rings is 1. The van der Waals surface area contributed by atoms with Crippen LogP contribution in [0.25, 0.3) is 10.9 Å². The second kappa shape index (κ2) is 9.16. The molecule has 0 aliphatic rings. The van der Waals surface area contributed by atoms with E-state index in [-0.39, 0.29) is 9.47 Å². The van der Waals surface area contributed by atoms with E-state index in [9.17, 15) is 63.4 Å². The van der Waals surface area contributed by atoms with Crippen LogP contribution in [0.4, 0.5) is 43.9 Å². The number of halogens is 10. The van der Waals surface area contributed by atoms with Gasteiger partial charge in [0.1, 0.15) is 11.8 Å². The minimum atomic E-state index is -6.36. The number of aromatic nitrogens is 1. The fraction of sp³-hybridized carbons (Fsp3) is 0.421. The van der Waals surface area contributed by atoms with Gasteiger partial charge in [0.2, 0.25) is 0 Å². The molecule has 0 saturated heterocycles. The summed E-state index contributed by atoms with van der Waals surface area (Å²) >= 11 is 0. The van der Waals surface area contributed by atoms with Crippen LogP contribution in [-0.2, 0) is 20.7 Å². The Balaban J connectivity index is 2.65. The molecule has 2 aromatic rings. The van der Waals surface area contributed by atoms with Crippen LogP contribution in [0.5, 0.6) is 5.75 Å². The van der Waals surface area contributed by atoms with E-state index in [0.717, 1.165) is 18.2 Å². The summed E-state index contributed by atoms with van der Waals surface area (Å²) in [6.07, 6.45) is -13.5. The number of likely N-dealkylation sites (N-methyl/N-ethyl adjacent to an activating group) is 1. The van der Waals surface area contributed by atoms with Gasteiger partial charge in [-0.15, -0.1) is 0 Å². The fourth-order valence-electron chi connectivity index (χ4n) is 3.10.